The number of carbonyl (C=O) groups is 1. The third-order valence-corrected chi connectivity index (χ3v) is 5.13. The van der Waals surface area contributed by atoms with Gasteiger partial charge in [-0.15, -0.1) is 0 Å². The number of nitrogens with zero attached hydrogens (tertiary/aromatic N) is 1. The average molecular weight is 412 g/mol. The van der Waals surface area contributed by atoms with Crippen molar-refractivity contribution in [1.29, 1.82) is 0 Å². The van der Waals surface area contributed by atoms with Gasteiger partial charge in [0.15, 0.2) is 0 Å². The van der Waals surface area contributed by atoms with Gasteiger partial charge in [0, 0.05) is 30.4 Å². The van der Waals surface area contributed by atoms with Gasteiger partial charge in [-0.2, -0.15) is 13.2 Å². The minimum atomic E-state index is -4.67. The highest BCUT2D eigenvalue weighted by Crippen LogP contribution is 2.32. The molecule has 1 aromatic heterocycles. The van der Waals surface area contributed by atoms with Crippen LogP contribution in [0, 0.1) is 5.82 Å². The fourth-order valence-electron chi connectivity index (χ4n) is 3.58. The van der Waals surface area contributed by atoms with Crippen LogP contribution in [0.4, 0.5) is 17.6 Å². The number of aromatic amines is 1. The fraction of sp³-hybridized carbons (Fsp3) is 0.400. The summed E-state index contributed by atoms with van der Waals surface area (Å²) in [4.78, 5) is 28.0. The number of aromatic nitrogens is 1. The van der Waals surface area contributed by atoms with Crippen LogP contribution in [-0.2, 0) is 12.7 Å². The molecular formula is C20H20F4N2O3. The maximum atomic E-state index is 14.4. The van der Waals surface area contributed by atoms with Crippen LogP contribution in [0.15, 0.2) is 35.3 Å². The largest absolute Gasteiger partial charge is 0.507 e. The van der Waals surface area contributed by atoms with Crippen LogP contribution in [0.25, 0.3) is 0 Å². The lowest BCUT2D eigenvalue weighted by atomic mass is 9.93. The topological polar surface area (TPSA) is 73.4 Å². The highest BCUT2D eigenvalue weighted by molar-refractivity contribution is 5.96. The molecule has 156 valence electrons. The monoisotopic (exact) mass is 412 g/mol. The highest BCUT2D eigenvalue weighted by Gasteiger charge is 2.32. The van der Waals surface area contributed by atoms with E-state index in [0.29, 0.717) is 18.9 Å². The van der Waals surface area contributed by atoms with Gasteiger partial charge in [-0.05, 0) is 25.0 Å². The molecule has 5 nitrogen and oxygen atoms in total. The summed E-state index contributed by atoms with van der Waals surface area (Å²) >= 11 is 0. The van der Waals surface area contributed by atoms with Crippen molar-refractivity contribution in [1.82, 2.24) is 9.88 Å². The number of hydrogen-bond acceptors (Lipinski definition) is 3. The molecule has 0 spiro atoms. The molecule has 0 aliphatic heterocycles. The summed E-state index contributed by atoms with van der Waals surface area (Å²) in [5.74, 6) is -2.18. The Morgan fingerprint density at radius 3 is 2.45 bits per heavy atom. The number of pyridine rings is 1. The minimum absolute atomic E-state index is 0.0548. The summed E-state index contributed by atoms with van der Waals surface area (Å²) < 4.78 is 52.7. The third-order valence-electron chi connectivity index (χ3n) is 5.13. The van der Waals surface area contributed by atoms with E-state index in [-0.39, 0.29) is 23.7 Å². The number of rotatable bonds is 4. The van der Waals surface area contributed by atoms with Crippen molar-refractivity contribution in [3.8, 4) is 5.75 Å². The van der Waals surface area contributed by atoms with Gasteiger partial charge in [0.2, 0.25) is 0 Å². The van der Waals surface area contributed by atoms with Crippen LogP contribution in [0.5, 0.6) is 5.75 Å². The highest BCUT2D eigenvalue weighted by atomic mass is 19.4. The number of H-pyrrole nitrogens is 1. The zero-order valence-corrected chi connectivity index (χ0v) is 15.4. The molecule has 9 heteroatoms. The van der Waals surface area contributed by atoms with E-state index in [1.807, 2.05) is 0 Å². The zero-order chi connectivity index (χ0) is 21.2. The Morgan fingerprint density at radius 1 is 1.17 bits per heavy atom. The number of halogens is 4. The Bertz CT molecular complexity index is 949. The van der Waals surface area contributed by atoms with Crippen LogP contribution in [0.1, 0.15) is 53.6 Å². The molecule has 3 rings (SSSR count). The third kappa shape index (κ3) is 4.78. The smallest absolute Gasteiger partial charge is 0.416 e. The molecule has 1 heterocycles. The Balaban J connectivity index is 1.94. The summed E-state index contributed by atoms with van der Waals surface area (Å²) in [7, 11) is 0. The van der Waals surface area contributed by atoms with Crippen LogP contribution >= 0.6 is 0 Å². The first kappa shape index (κ1) is 20.9. The first-order valence-corrected chi connectivity index (χ1v) is 9.25. The number of amides is 1. The predicted octanol–water partition coefficient (Wildman–Crippen LogP) is 4.21. The maximum Gasteiger partial charge on any atom is 0.416 e. The molecule has 0 atom stereocenters. The second kappa shape index (κ2) is 8.26. The number of benzene rings is 1. The molecule has 2 N–H and O–H groups in total. The van der Waals surface area contributed by atoms with Crippen molar-refractivity contribution in [2.24, 2.45) is 0 Å². The Morgan fingerprint density at radius 2 is 1.86 bits per heavy atom. The van der Waals surface area contributed by atoms with Gasteiger partial charge in [-0.3, -0.25) is 9.59 Å². The van der Waals surface area contributed by atoms with Gasteiger partial charge in [0.25, 0.3) is 11.5 Å². The quantitative estimate of drug-likeness (QED) is 0.739. The second-order valence-corrected chi connectivity index (χ2v) is 7.13. The number of hydrogen-bond donors (Lipinski definition) is 2. The molecule has 0 saturated heterocycles. The van der Waals surface area contributed by atoms with E-state index in [4.69, 9.17) is 0 Å². The fourth-order valence-corrected chi connectivity index (χ4v) is 3.58. The standard InChI is InChI=1S/C20H20F4N2O3/c21-16-8-13(20(22,23)24)7-6-12(16)11-26(14-4-2-1-3-5-14)19(29)15-10-25-18(28)9-17(15)27/h6-10,14H,1-5,11H2,(H2,25,27,28). The molecule has 2 aromatic rings. The van der Waals surface area contributed by atoms with E-state index in [1.54, 1.807) is 0 Å². The summed E-state index contributed by atoms with van der Waals surface area (Å²) in [5.41, 5.74) is -1.90. The molecule has 29 heavy (non-hydrogen) atoms. The first-order valence-electron chi connectivity index (χ1n) is 9.25. The van der Waals surface area contributed by atoms with Gasteiger partial charge in [0.05, 0.1) is 11.1 Å². The van der Waals surface area contributed by atoms with Crippen molar-refractivity contribution in [3.05, 3.63) is 63.3 Å². The summed E-state index contributed by atoms with van der Waals surface area (Å²) in [6.45, 7) is -0.244. The van der Waals surface area contributed by atoms with Gasteiger partial charge < -0.3 is 15.0 Å². The average Bonchev–Trinajstić information content (AvgIpc) is 2.66. The number of nitrogens with one attached hydrogen (secondary N) is 1. The summed E-state index contributed by atoms with van der Waals surface area (Å²) in [5, 5.41) is 9.99. The lowest BCUT2D eigenvalue weighted by Gasteiger charge is -2.34. The Hall–Kier alpha value is -2.84. The zero-order valence-electron chi connectivity index (χ0n) is 15.4. The van der Waals surface area contributed by atoms with Crippen molar-refractivity contribution in [2.45, 2.75) is 50.9 Å². The van der Waals surface area contributed by atoms with Crippen molar-refractivity contribution in [3.63, 3.8) is 0 Å². The van der Waals surface area contributed by atoms with Gasteiger partial charge in [0.1, 0.15) is 11.6 Å². The normalized spacial score (nSPS) is 15.3. The molecule has 1 aliphatic rings. The lowest BCUT2D eigenvalue weighted by molar-refractivity contribution is -0.137. The Kier molecular flexibility index (Phi) is 5.95. The van der Waals surface area contributed by atoms with Crippen molar-refractivity contribution < 1.29 is 27.5 Å². The first-order chi connectivity index (χ1) is 13.7. The van der Waals surface area contributed by atoms with E-state index in [0.717, 1.165) is 43.7 Å². The predicted molar refractivity (Wildman–Crippen MR) is 96.9 cm³/mol. The second-order valence-electron chi connectivity index (χ2n) is 7.13. The molecule has 1 saturated carbocycles. The van der Waals surface area contributed by atoms with Crippen LogP contribution in [0.2, 0.25) is 0 Å². The molecular weight excluding hydrogens is 392 g/mol. The number of alkyl halides is 3. The molecule has 1 amide bonds. The van der Waals surface area contributed by atoms with Crippen LogP contribution in [-0.4, -0.2) is 26.9 Å². The van der Waals surface area contributed by atoms with Gasteiger partial charge in [-0.25, -0.2) is 4.39 Å². The molecule has 1 aromatic carbocycles. The molecule has 1 fully saturated rings. The Labute approximate surface area is 164 Å². The van der Waals surface area contributed by atoms with E-state index in [1.165, 1.54) is 4.90 Å². The number of aromatic hydroxyl groups is 1. The van der Waals surface area contributed by atoms with Gasteiger partial charge in [-0.1, -0.05) is 25.3 Å². The minimum Gasteiger partial charge on any atom is -0.507 e. The van der Waals surface area contributed by atoms with Crippen molar-refractivity contribution in [2.75, 3.05) is 0 Å². The van der Waals surface area contributed by atoms with E-state index >= 15 is 0 Å². The molecule has 0 unspecified atom stereocenters. The summed E-state index contributed by atoms with van der Waals surface area (Å²) in [6.07, 6.45) is 0.468. The van der Waals surface area contributed by atoms with Crippen LogP contribution < -0.4 is 5.56 Å². The lowest BCUT2D eigenvalue weighted by Crippen LogP contribution is -2.41. The SMILES string of the molecule is O=C(c1c[nH]c(=O)cc1O)N(Cc1ccc(C(F)(F)F)cc1F)C1CCCCC1. The molecule has 1 aliphatic carbocycles. The van der Waals surface area contributed by atoms with E-state index < -0.39 is 34.8 Å². The van der Waals surface area contributed by atoms with E-state index in [9.17, 15) is 32.3 Å². The van der Waals surface area contributed by atoms with Crippen LogP contribution in [0.3, 0.4) is 0 Å². The maximum absolute atomic E-state index is 14.4. The summed E-state index contributed by atoms with van der Waals surface area (Å²) in [6, 6.07) is 2.83. The number of carbonyl (C=O) groups excluding carboxylic acids is 1. The molecule has 0 bridgehead atoms. The van der Waals surface area contributed by atoms with Crippen molar-refractivity contribution >= 4 is 5.91 Å². The molecule has 0 radical (unpaired) electrons. The van der Waals surface area contributed by atoms with Gasteiger partial charge >= 0.3 is 6.18 Å². The van der Waals surface area contributed by atoms with E-state index in [2.05, 4.69) is 4.98 Å².